The van der Waals surface area contributed by atoms with Crippen LogP contribution in [-0.2, 0) is 0 Å². The molecule has 0 fully saturated rings. The van der Waals surface area contributed by atoms with Crippen LogP contribution in [0.25, 0.3) is 0 Å². The molecule has 1 rings (SSSR count). The average Bonchev–Trinajstić information content (AvgIpc) is 1.77. The van der Waals surface area contributed by atoms with Gasteiger partial charge in [0, 0.05) is 6.07 Å². The van der Waals surface area contributed by atoms with Crippen molar-refractivity contribution in [2.75, 3.05) is 0 Å². The summed E-state index contributed by atoms with van der Waals surface area (Å²) in [5, 5.41) is 7.76. The molecule has 0 amide bonds. The molecule has 1 aromatic rings. The number of halogens is 1. The van der Waals surface area contributed by atoms with Crippen LogP contribution >= 0.6 is 11.6 Å². The van der Waals surface area contributed by atoms with E-state index in [1.165, 1.54) is 6.20 Å². The van der Waals surface area contributed by atoms with Gasteiger partial charge in [0.1, 0.15) is 0 Å². The first-order valence-corrected chi connectivity index (χ1v) is 2.54. The molecule has 0 unspecified atom stereocenters. The lowest BCUT2D eigenvalue weighted by Crippen LogP contribution is -1.83. The van der Waals surface area contributed by atoms with Crippen LogP contribution in [0.15, 0.2) is 6.20 Å². The van der Waals surface area contributed by atoms with Crippen molar-refractivity contribution < 1.29 is 0 Å². The normalized spacial score (nSPS) is 9.25. The van der Waals surface area contributed by atoms with Gasteiger partial charge >= 0.3 is 0 Å². The van der Waals surface area contributed by atoms with Gasteiger partial charge in [0.15, 0.2) is 0 Å². The van der Waals surface area contributed by atoms with Crippen molar-refractivity contribution in [3.05, 3.63) is 23.0 Å². The van der Waals surface area contributed by atoms with Gasteiger partial charge in [-0.3, -0.25) is 0 Å². The van der Waals surface area contributed by atoms with E-state index in [4.69, 9.17) is 11.6 Å². The quantitative estimate of drug-likeness (QED) is 0.524. The van der Waals surface area contributed by atoms with E-state index in [9.17, 15) is 0 Å². The van der Waals surface area contributed by atoms with Crippen LogP contribution in [-0.4, -0.2) is 10.2 Å². The Bertz CT molecular complexity index is 167. The zero-order chi connectivity index (χ0) is 5.98. The molecule has 8 heavy (non-hydrogen) atoms. The topological polar surface area (TPSA) is 25.8 Å². The summed E-state index contributed by atoms with van der Waals surface area (Å²) < 4.78 is 0. The first kappa shape index (κ1) is 5.51. The maximum absolute atomic E-state index is 5.55. The van der Waals surface area contributed by atoms with Crippen molar-refractivity contribution in [2.24, 2.45) is 0 Å². The van der Waals surface area contributed by atoms with Gasteiger partial charge in [-0.2, -0.15) is 10.2 Å². The van der Waals surface area contributed by atoms with Crippen LogP contribution < -0.4 is 0 Å². The molecule has 1 radical (unpaired) electrons. The number of aryl methyl sites for hydroxylation is 1. The number of nitrogens with zero attached hydrogens (tertiary/aromatic N) is 2. The third-order valence-electron chi connectivity index (χ3n) is 0.774. The van der Waals surface area contributed by atoms with E-state index in [1.54, 1.807) is 6.92 Å². The van der Waals surface area contributed by atoms with Crippen LogP contribution in [0.3, 0.4) is 0 Å². The standard InChI is InChI=1S/C5H4ClN2/c1-4-5(6)2-3-7-8-4/h3H,1H3. The van der Waals surface area contributed by atoms with Gasteiger partial charge in [-0.25, -0.2) is 0 Å². The summed E-state index contributed by atoms with van der Waals surface area (Å²) in [7, 11) is 0. The SMILES string of the molecule is Cc1nnc[c]c1Cl. The molecule has 0 saturated heterocycles. The molecule has 0 aromatic carbocycles. The molecule has 0 bridgehead atoms. The van der Waals surface area contributed by atoms with E-state index in [2.05, 4.69) is 16.3 Å². The highest BCUT2D eigenvalue weighted by molar-refractivity contribution is 6.30. The van der Waals surface area contributed by atoms with Crippen LogP contribution in [0.4, 0.5) is 0 Å². The van der Waals surface area contributed by atoms with Crippen molar-refractivity contribution in [1.82, 2.24) is 10.2 Å². The van der Waals surface area contributed by atoms with Gasteiger partial charge in [0.2, 0.25) is 0 Å². The summed E-state index contributed by atoms with van der Waals surface area (Å²) >= 11 is 5.55. The summed E-state index contributed by atoms with van der Waals surface area (Å²) in [6.45, 7) is 1.78. The summed E-state index contributed by atoms with van der Waals surface area (Å²) in [6.07, 6.45) is 1.44. The van der Waals surface area contributed by atoms with Crippen LogP contribution in [0.5, 0.6) is 0 Å². The van der Waals surface area contributed by atoms with Crippen molar-refractivity contribution in [3.8, 4) is 0 Å². The van der Waals surface area contributed by atoms with Crippen LogP contribution in [0.2, 0.25) is 5.02 Å². The Hall–Kier alpha value is -0.630. The van der Waals surface area contributed by atoms with E-state index in [-0.39, 0.29) is 0 Å². The fraction of sp³-hybridized carbons (Fsp3) is 0.200. The lowest BCUT2D eigenvalue weighted by molar-refractivity contribution is 0.978. The minimum Gasteiger partial charge on any atom is -0.158 e. The van der Waals surface area contributed by atoms with E-state index in [0.717, 1.165) is 0 Å². The molecule has 2 nitrogen and oxygen atoms in total. The number of hydrogen-bond donors (Lipinski definition) is 0. The van der Waals surface area contributed by atoms with Crippen LogP contribution in [0.1, 0.15) is 5.69 Å². The summed E-state index contributed by atoms with van der Waals surface area (Å²) in [6, 6.07) is 2.69. The molecule has 41 valence electrons. The predicted octanol–water partition coefficient (Wildman–Crippen LogP) is 1.24. The molecular weight excluding hydrogens is 124 g/mol. The number of hydrogen-bond acceptors (Lipinski definition) is 2. The molecule has 0 aliphatic carbocycles. The maximum atomic E-state index is 5.55. The molecule has 1 aromatic heterocycles. The van der Waals surface area contributed by atoms with Crippen molar-refractivity contribution in [1.29, 1.82) is 0 Å². The van der Waals surface area contributed by atoms with Gasteiger partial charge < -0.3 is 0 Å². The number of rotatable bonds is 0. The molecule has 0 atom stereocenters. The lowest BCUT2D eigenvalue weighted by atomic mass is 10.4. The van der Waals surface area contributed by atoms with Gasteiger partial charge in [-0.05, 0) is 6.92 Å². The minimum atomic E-state index is 0.542. The second kappa shape index (κ2) is 2.09. The monoisotopic (exact) mass is 127 g/mol. The summed E-state index contributed by atoms with van der Waals surface area (Å²) in [4.78, 5) is 0. The maximum Gasteiger partial charge on any atom is 0.0792 e. The molecule has 0 saturated carbocycles. The minimum absolute atomic E-state index is 0.542. The van der Waals surface area contributed by atoms with Gasteiger partial charge in [-0.1, -0.05) is 11.6 Å². The van der Waals surface area contributed by atoms with Gasteiger partial charge in [0.05, 0.1) is 16.9 Å². The Morgan fingerprint density at radius 1 is 1.75 bits per heavy atom. The second-order valence-electron chi connectivity index (χ2n) is 1.39. The van der Waals surface area contributed by atoms with Crippen molar-refractivity contribution in [3.63, 3.8) is 0 Å². The fourth-order valence-electron chi connectivity index (χ4n) is 0.349. The third-order valence-corrected chi connectivity index (χ3v) is 1.16. The molecule has 3 heteroatoms. The zero-order valence-electron chi connectivity index (χ0n) is 4.35. The largest absolute Gasteiger partial charge is 0.158 e. The van der Waals surface area contributed by atoms with E-state index >= 15 is 0 Å². The molecule has 0 aliphatic rings. The van der Waals surface area contributed by atoms with Gasteiger partial charge in [-0.15, -0.1) is 0 Å². The highest BCUT2D eigenvalue weighted by atomic mass is 35.5. The highest BCUT2D eigenvalue weighted by Crippen LogP contribution is 2.06. The molecule has 1 heterocycles. The van der Waals surface area contributed by atoms with Crippen molar-refractivity contribution >= 4 is 11.6 Å². The molecule has 0 N–H and O–H groups in total. The molecule has 0 spiro atoms. The highest BCUT2D eigenvalue weighted by Gasteiger charge is 1.90. The first-order chi connectivity index (χ1) is 3.80. The Labute approximate surface area is 52.5 Å². The van der Waals surface area contributed by atoms with Crippen LogP contribution in [0, 0.1) is 13.0 Å². The lowest BCUT2D eigenvalue weighted by Gasteiger charge is -1.87. The molecular formula is C5H4ClN2. The first-order valence-electron chi connectivity index (χ1n) is 2.16. The summed E-state index contributed by atoms with van der Waals surface area (Å²) in [5.74, 6) is 0. The molecule has 0 aliphatic heterocycles. The van der Waals surface area contributed by atoms with E-state index in [1.807, 2.05) is 0 Å². The average molecular weight is 128 g/mol. The Kier molecular flexibility index (Phi) is 1.44. The number of aromatic nitrogens is 2. The van der Waals surface area contributed by atoms with Crippen molar-refractivity contribution in [2.45, 2.75) is 6.92 Å². The smallest absolute Gasteiger partial charge is 0.0792 e. The predicted molar refractivity (Wildman–Crippen MR) is 30.6 cm³/mol. The van der Waals surface area contributed by atoms with Gasteiger partial charge in [0.25, 0.3) is 0 Å². The Balaban J connectivity index is 3.13. The second-order valence-corrected chi connectivity index (χ2v) is 1.77. The Morgan fingerprint density at radius 3 is 2.88 bits per heavy atom. The fourth-order valence-corrected chi connectivity index (χ4v) is 0.436. The summed E-state index contributed by atoms with van der Waals surface area (Å²) in [5.41, 5.74) is 0.717. The van der Waals surface area contributed by atoms with E-state index in [0.29, 0.717) is 10.7 Å². The third kappa shape index (κ3) is 0.954. The van der Waals surface area contributed by atoms with E-state index < -0.39 is 0 Å². The zero-order valence-corrected chi connectivity index (χ0v) is 5.11. The Morgan fingerprint density at radius 2 is 2.50 bits per heavy atom.